The molecule has 2 heterocycles. The summed E-state index contributed by atoms with van der Waals surface area (Å²) < 4.78 is 30.7. The molecule has 3 aromatic rings. The first-order chi connectivity index (χ1) is 15.6. The van der Waals surface area contributed by atoms with Gasteiger partial charge < -0.3 is 18.8 Å². The molecule has 0 aliphatic carbocycles. The maximum Gasteiger partial charge on any atom is 0.289 e. The van der Waals surface area contributed by atoms with Crippen LogP contribution in [0.3, 0.4) is 0 Å². The number of carbonyl (C=O) groups is 1. The van der Waals surface area contributed by atoms with Crippen molar-refractivity contribution in [2.75, 3.05) is 32.8 Å². The second-order valence-electron chi connectivity index (χ2n) is 7.62. The quantitative estimate of drug-likeness (QED) is 0.523. The van der Waals surface area contributed by atoms with Gasteiger partial charge in [-0.15, -0.1) is 0 Å². The molecule has 0 bridgehead atoms. The number of piperazine rings is 1. The van der Waals surface area contributed by atoms with Gasteiger partial charge in [-0.3, -0.25) is 9.69 Å². The van der Waals surface area contributed by atoms with Crippen molar-refractivity contribution in [2.45, 2.75) is 20.1 Å². The normalized spacial score (nSPS) is 14.4. The van der Waals surface area contributed by atoms with E-state index in [1.807, 2.05) is 37.3 Å². The first-order valence-corrected chi connectivity index (χ1v) is 10.8. The van der Waals surface area contributed by atoms with Crippen molar-refractivity contribution in [1.82, 2.24) is 9.80 Å². The largest absolute Gasteiger partial charge is 0.494 e. The lowest BCUT2D eigenvalue weighted by Gasteiger charge is -2.34. The number of benzene rings is 2. The third kappa shape index (κ3) is 5.48. The van der Waals surface area contributed by atoms with Gasteiger partial charge in [-0.1, -0.05) is 18.2 Å². The highest BCUT2D eigenvalue weighted by molar-refractivity contribution is 5.91. The van der Waals surface area contributed by atoms with Crippen LogP contribution in [-0.2, 0) is 13.2 Å². The Morgan fingerprint density at radius 1 is 0.938 bits per heavy atom. The molecular weight excluding hydrogens is 411 g/mol. The minimum absolute atomic E-state index is 0.136. The number of halogens is 1. The highest BCUT2D eigenvalue weighted by Gasteiger charge is 2.24. The minimum atomic E-state index is -0.193. The molecule has 1 aliphatic rings. The highest BCUT2D eigenvalue weighted by Crippen LogP contribution is 2.20. The van der Waals surface area contributed by atoms with Crippen LogP contribution in [0, 0.1) is 5.82 Å². The van der Waals surface area contributed by atoms with E-state index >= 15 is 0 Å². The average molecular weight is 438 g/mol. The smallest absolute Gasteiger partial charge is 0.289 e. The zero-order valence-electron chi connectivity index (χ0n) is 18.1. The maximum atomic E-state index is 13.9. The van der Waals surface area contributed by atoms with Gasteiger partial charge in [0, 0.05) is 38.3 Å². The SMILES string of the molecule is CCOc1ccc(OCc2ccc(C(=O)N3CCN(Cc4ccccc4F)CC3)o2)cc1. The molecule has 1 aromatic heterocycles. The lowest BCUT2D eigenvalue weighted by Crippen LogP contribution is -2.48. The van der Waals surface area contributed by atoms with E-state index in [0.717, 1.165) is 5.75 Å². The zero-order valence-corrected chi connectivity index (χ0v) is 18.1. The van der Waals surface area contributed by atoms with Crippen molar-refractivity contribution in [3.63, 3.8) is 0 Å². The van der Waals surface area contributed by atoms with Crippen LogP contribution in [0.15, 0.2) is 65.1 Å². The third-order valence-corrected chi connectivity index (χ3v) is 5.40. The number of amides is 1. The molecule has 0 saturated carbocycles. The van der Waals surface area contributed by atoms with Gasteiger partial charge in [0.15, 0.2) is 5.76 Å². The van der Waals surface area contributed by atoms with Gasteiger partial charge in [0.2, 0.25) is 0 Å². The predicted molar refractivity (Wildman–Crippen MR) is 118 cm³/mol. The summed E-state index contributed by atoms with van der Waals surface area (Å²) in [6, 6.07) is 17.6. The Bertz CT molecular complexity index is 1030. The molecule has 1 amide bonds. The Morgan fingerprint density at radius 2 is 1.62 bits per heavy atom. The Kier molecular flexibility index (Phi) is 7.07. The molecule has 1 aliphatic heterocycles. The lowest BCUT2D eigenvalue weighted by atomic mass is 10.2. The van der Waals surface area contributed by atoms with Gasteiger partial charge in [0.25, 0.3) is 5.91 Å². The van der Waals surface area contributed by atoms with E-state index in [1.54, 1.807) is 29.2 Å². The van der Waals surface area contributed by atoms with Crippen LogP contribution in [0.25, 0.3) is 0 Å². The fourth-order valence-corrected chi connectivity index (χ4v) is 3.66. The number of rotatable bonds is 8. The Labute approximate surface area is 187 Å². The van der Waals surface area contributed by atoms with Crippen LogP contribution in [-0.4, -0.2) is 48.5 Å². The number of carbonyl (C=O) groups excluding carboxylic acids is 1. The standard InChI is InChI=1S/C25H27FN2O4/c1-2-30-20-7-9-21(10-8-20)31-18-22-11-12-24(32-22)25(29)28-15-13-27(14-16-28)17-19-5-3-4-6-23(19)26/h3-12H,2,13-18H2,1H3. The monoisotopic (exact) mass is 438 g/mol. The van der Waals surface area contributed by atoms with E-state index in [1.165, 1.54) is 6.07 Å². The summed E-state index contributed by atoms with van der Waals surface area (Å²) in [5.41, 5.74) is 0.676. The van der Waals surface area contributed by atoms with Crippen LogP contribution >= 0.6 is 0 Å². The first-order valence-electron chi connectivity index (χ1n) is 10.8. The van der Waals surface area contributed by atoms with Gasteiger partial charge in [-0.25, -0.2) is 4.39 Å². The Hall–Kier alpha value is -3.32. The van der Waals surface area contributed by atoms with Gasteiger partial charge in [0.05, 0.1) is 6.61 Å². The molecule has 2 aromatic carbocycles. The fourth-order valence-electron chi connectivity index (χ4n) is 3.66. The molecule has 0 radical (unpaired) electrons. The molecule has 0 unspecified atom stereocenters. The van der Waals surface area contributed by atoms with Crippen LogP contribution in [0.5, 0.6) is 11.5 Å². The summed E-state index contributed by atoms with van der Waals surface area (Å²) in [5.74, 6) is 2.05. The maximum absolute atomic E-state index is 13.9. The molecule has 0 spiro atoms. The molecule has 32 heavy (non-hydrogen) atoms. The fraction of sp³-hybridized carbons (Fsp3) is 0.320. The molecule has 168 valence electrons. The summed E-state index contributed by atoms with van der Waals surface area (Å²) in [7, 11) is 0. The predicted octanol–water partition coefficient (Wildman–Crippen LogP) is 4.35. The van der Waals surface area contributed by atoms with E-state index in [2.05, 4.69) is 4.90 Å². The number of nitrogens with zero attached hydrogens (tertiary/aromatic N) is 2. The minimum Gasteiger partial charge on any atom is -0.494 e. The van der Waals surface area contributed by atoms with E-state index < -0.39 is 0 Å². The second kappa shape index (κ2) is 10.3. The third-order valence-electron chi connectivity index (χ3n) is 5.40. The highest BCUT2D eigenvalue weighted by atomic mass is 19.1. The second-order valence-corrected chi connectivity index (χ2v) is 7.62. The average Bonchev–Trinajstić information content (AvgIpc) is 3.29. The molecule has 7 heteroatoms. The molecule has 6 nitrogen and oxygen atoms in total. The van der Waals surface area contributed by atoms with Crippen LogP contribution in [0.1, 0.15) is 28.8 Å². The van der Waals surface area contributed by atoms with Crippen molar-refractivity contribution in [3.8, 4) is 11.5 Å². The Morgan fingerprint density at radius 3 is 2.31 bits per heavy atom. The number of hydrogen-bond acceptors (Lipinski definition) is 5. The topological polar surface area (TPSA) is 55.2 Å². The zero-order chi connectivity index (χ0) is 22.3. The van der Waals surface area contributed by atoms with Crippen molar-refractivity contribution >= 4 is 5.91 Å². The van der Waals surface area contributed by atoms with Gasteiger partial charge in [0.1, 0.15) is 29.7 Å². The molecule has 4 rings (SSSR count). The number of ether oxygens (including phenoxy) is 2. The van der Waals surface area contributed by atoms with Crippen LogP contribution in [0.2, 0.25) is 0 Å². The van der Waals surface area contributed by atoms with E-state index in [4.69, 9.17) is 13.9 Å². The molecular formula is C25H27FN2O4. The molecule has 1 saturated heterocycles. The van der Waals surface area contributed by atoms with E-state index in [-0.39, 0.29) is 18.3 Å². The molecule has 1 fully saturated rings. The van der Waals surface area contributed by atoms with Gasteiger partial charge in [-0.05, 0) is 49.4 Å². The van der Waals surface area contributed by atoms with Crippen molar-refractivity contribution in [2.24, 2.45) is 0 Å². The number of hydrogen-bond donors (Lipinski definition) is 0. The number of furan rings is 1. The van der Waals surface area contributed by atoms with Gasteiger partial charge >= 0.3 is 0 Å². The summed E-state index contributed by atoms with van der Waals surface area (Å²) in [6.45, 7) is 5.86. The van der Waals surface area contributed by atoms with E-state index in [0.29, 0.717) is 62.2 Å². The van der Waals surface area contributed by atoms with Crippen molar-refractivity contribution in [1.29, 1.82) is 0 Å². The molecule has 0 atom stereocenters. The van der Waals surface area contributed by atoms with Crippen molar-refractivity contribution < 1.29 is 23.1 Å². The summed E-state index contributed by atoms with van der Waals surface area (Å²) in [5, 5.41) is 0. The Balaban J connectivity index is 1.26. The van der Waals surface area contributed by atoms with Crippen LogP contribution < -0.4 is 9.47 Å². The molecule has 0 N–H and O–H groups in total. The first kappa shape index (κ1) is 21.9. The lowest BCUT2D eigenvalue weighted by molar-refractivity contribution is 0.0592. The summed E-state index contributed by atoms with van der Waals surface area (Å²) in [4.78, 5) is 16.7. The summed E-state index contributed by atoms with van der Waals surface area (Å²) >= 11 is 0. The van der Waals surface area contributed by atoms with Crippen LogP contribution in [0.4, 0.5) is 4.39 Å². The van der Waals surface area contributed by atoms with E-state index in [9.17, 15) is 9.18 Å². The van der Waals surface area contributed by atoms with Gasteiger partial charge in [-0.2, -0.15) is 0 Å². The summed E-state index contributed by atoms with van der Waals surface area (Å²) in [6.07, 6.45) is 0. The van der Waals surface area contributed by atoms with Crippen molar-refractivity contribution in [3.05, 3.63) is 83.6 Å².